The van der Waals surface area contributed by atoms with Crippen LogP contribution in [0.25, 0.3) is 11.6 Å². The smallest absolute Gasteiger partial charge is 0.265 e. The van der Waals surface area contributed by atoms with Crippen molar-refractivity contribution >= 4 is 0 Å². The van der Waals surface area contributed by atoms with Crippen molar-refractivity contribution in [3.05, 3.63) is 54.0 Å². The lowest BCUT2D eigenvalue weighted by Gasteiger charge is -2.05. The maximum absolute atomic E-state index is 6.06. The van der Waals surface area contributed by atoms with Crippen LogP contribution < -0.4 is 5.73 Å². The van der Waals surface area contributed by atoms with Crippen molar-refractivity contribution in [1.29, 1.82) is 0 Å². The summed E-state index contributed by atoms with van der Waals surface area (Å²) >= 11 is 0. The molecule has 1 atom stereocenters. The molecule has 0 aliphatic carbocycles. The molecule has 3 rings (SSSR count). The lowest BCUT2D eigenvalue weighted by Crippen LogP contribution is -2.11. The maximum Gasteiger partial charge on any atom is 0.265 e. The Morgan fingerprint density at radius 2 is 1.94 bits per heavy atom. The van der Waals surface area contributed by atoms with E-state index < -0.39 is 6.04 Å². The van der Waals surface area contributed by atoms with E-state index in [9.17, 15) is 0 Å². The molecule has 18 heavy (non-hydrogen) atoms. The van der Waals surface area contributed by atoms with Gasteiger partial charge >= 0.3 is 0 Å². The molecule has 6 heteroatoms. The normalized spacial score (nSPS) is 12.5. The standard InChI is InChI=1S/C12H11N5O/c13-10(8-4-2-1-3-5-8)12-17-16-11(18-12)9-6-7-14-15-9/h1-7,10H,13H2,(H,14,15). The minimum Gasteiger partial charge on any atom is -0.417 e. The second-order valence-corrected chi connectivity index (χ2v) is 3.80. The minimum absolute atomic E-state index is 0.380. The van der Waals surface area contributed by atoms with E-state index in [2.05, 4.69) is 20.4 Å². The van der Waals surface area contributed by atoms with Gasteiger partial charge < -0.3 is 10.2 Å². The fraction of sp³-hybridized carbons (Fsp3) is 0.0833. The Kier molecular flexibility index (Phi) is 2.62. The Morgan fingerprint density at radius 3 is 2.67 bits per heavy atom. The SMILES string of the molecule is NC(c1ccccc1)c1nnc(-c2ccn[nH]2)o1. The molecule has 0 bridgehead atoms. The number of nitrogens with one attached hydrogen (secondary N) is 1. The Bertz CT molecular complexity index is 617. The number of H-pyrrole nitrogens is 1. The Hall–Kier alpha value is -2.47. The van der Waals surface area contributed by atoms with E-state index >= 15 is 0 Å². The summed E-state index contributed by atoms with van der Waals surface area (Å²) in [6.45, 7) is 0. The summed E-state index contributed by atoms with van der Waals surface area (Å²) in [7, 11) is 0. The number of nitrogens with zero attached hydrogens (tertiary/aromatic N) is 3. The lowest BCUT2D eigenvalue weighted by atomic mass is 10.1. The minimum atomic E-state index is -0.421. The molecule has 3 aromatic rings. The summed E-state index contributed by atoms with van der Waals surface area (Å²) in [5.74, 6) is 0.764. The van der Waals surface area contributed by atoms with Gasteiger partial charge in [-0.1, -0.05) is 30.3 Å². The largest absolute Gasteiger partial charge is 0.417 e. The first kappa shape index (κ1) is 10.7. The maximum atomic E-state index is 6.06. The molecule has 0 radical (unpaired) electrons. The molecule has 0 aliphatic rings. The van der Waals surface area contributed by atoms with Gasteiger partial charge in [-0.3, -0.25) is 5.10 Å². The summed E-state index contributed by atoms with van der Waals surface area (Å²) in [6, 6.07) is 10.9. The highest BCUT2D eigenvalue weighted by Crippen LogP contribution is 2.21. The molecule has 0 fully saturated rings. The summed E-state index contributed by atoms with van der Waals surface area (Å²) in [6.07, 6.45) is 1.62. The van der Waals surface area contributed by atoms with Gasteiger partial charge in [0.2, 0.25) is 5.89 Å². The first-order valence-corrected chi connectivity index (χ1v) is 5.48. The van der Waals surface area contributed by atoms with E-state index in [4.69, 9.17) is 10.2 Å². The Balaban J connectivity index is 1.90. The van der Waals surface area contributed by atoms with E-state index in [1.54, 1.807) is 12.3 Å². The van der Waals surface area contributed by atoms with Gasteiger partial charge in [0.25, 0.3) is 5.89 Å². The number of benzene rings is 1. The molecule has 0 saturated heterocycles. The van der Waals surface area contributed by atoms with Gasteiger partial charge in [-0.25, -0.2) is 0 Å². The van der Waals surface area contributed by atoms with Gasteiger partial charge in [-0.2, -0.15) is 5.10 Å². The first-order valence-electron chi connectivity index (χ1n) is 5.48. The van der Waals surface area contributed by atoms with Gasteiger partial charge in [0.1, 0.15) is 11.7 Å². The lowest BCUT2D eigenvalue weighted by molar-refractivity contribution is 0.483. The van der Waals surface area contributed by atoms with Crippen molar-refractivity contribution < 1.29 is 4.42 Å². The first-order chi connectivity index (χ1) is 8.84. The predicted octanol–water partition coefficient (Wildman–Crippen LogP) is 1.51. The van der Waals surface area contributed by atoms with Crippen molar-refractivity contribution in [3.8, 4) is 11.6 Å². The molecule has 0 aliphatic heterocycles. The van der Waals surface area contributed by atoms with Crippen LogP contribution in [0.5, 0.6) is 0 Å². The van der Waals surface area contributed by atoms with Crippen LogP contribution in [0.15, 0.2) is 47.0 Å². The number of hydrogen-bond acceptors (Lipinski definition) is 5. The molecule has 1 unspecified atom stereocenters. The van der Waals surface area contributed by atoms with E-state index in [0.29, 0.717) is 17.5 Å². The summed E-state index contributed by atoms with van der Waals surface area (Å²) in [5, 5.41) is 14.5. The summed E-state index contributed by atoms with van der Waals surface area (Å²) in [4.78, 5) is 0. The van der Waals surface area contributed by atoms with E-state index in [0.717, 1.165) is 5.56 Å². The molecule has 2 heterocycles. The third-order valence-electron chi connectivity index (χ3n) is 2.60. The van der Waals surface area contributed by atoms with Crippen LogP contribution in [-0.2, 0) is 0 Å². The van der Waals surface area contributed by atoms with Gasteiger partial charge in [-0.05, 0) is 11.6 Å². The van der Waals surface area contributed by atoms with Crippen LogP contribution in [0.4, 0.5) is 0 Å². The van der Waals surface area contributed by atoms with E-state index in [1.807, 2.05) is 30.3 Å². The molecule has 0 amide bonds. The van der Waals surface area contributed by atoms with Crippen LogP contribution in [-0.4, -0.2) is 20.4 Å². The Labute approximate surface area is 103 Å². The van der Waals surface area contributed by atoms with Crippen LogP contribution in [0.3, 0.4) is 0 Å². The summed E-state index contributed by atoms with van der Waals surface area (Å²) < 4.78 is 5.53. The summed E-state index contributed by atoms with van der Waals surface area (Å²) in [5.41, 5.74) is 7.66. The third-order valence-corrected chi connectivity index (χ3v) is 2.60. The zero-order valence-corrected chi connectivity index (χ0v) is 9.45. The van der Waals surface area contributed by atoms with E-state index in [1.165, 1.54) is 0 Å². The van der Waals surface area contributed by atoms with Gasteiger partial charge in [0, 0.05) is 6.20 Å². The van der Waals surface area contributed by atoms with Crippen LogP contribution in [0, 0.1) is 0 Å². The molecule has 2 aromatic heterocycles. The van der Waals surface area contributed by atoms with E-state index in [-0.39, 0.29) is 0 Å². The highest BCUT2D eigenvalue weighted by molar-refractivity contribution is 5.44. The van der Waals surface area contributed by atoms with Crippen molar-refractivity contribution in [2.45, 2.75) is 6.04 Å². The fourth-order valence-corrected chi connectivity index (χ4v) is 1.65. The van der Waals surface area contributed by atoms with Crippen LogP contribution >= 0.6 is 0 Å². The van der Waals surface area contributed by atoms with Crippen LogP contribution in [0.2, 0.25) is 0 Å². The monoisotopic (exact) mass is 241 g/mol. The molecular weight excluding hydrogens is 230 g/mol. The molecule has 0 spiro atoms. The molecule has 3 N–H and O–H groups in total. The Morgan fingerprint density at radius 1 is 1.11 bits per heavy atom. The van der Waals surface area contributed by atoms with Crippen molar-refractivity contribution in [2.75, 3.05) is 0 Å². The third kappa shape index (κ3) is 1.89. The number of aromatic nitrogens is 4. The number of rotatable bonds is 3. The highest BCUT2D eigenvalue weighted by atomic mass is 16.4. The van der Waals surface area contributed by atoms with Crippen molar-refractivity contribution in [1.82, 2.24) is 20.4 Å². The number of nitrogens with two attached hydrogens (primary N) is 1. The topological polar surface area (TPSA) is 93.6 Å². The fourth-order valence-electron chi connectivity index (χ4n) is 1.65. The van der Waals surface area contributed by atoms with Gasteiger partial charge in [-0.15, -0.1) is 10.2 Å². The number of aromatic amines is 1. The molecule has 1 aromatic carbocycles. The average Bonchev–Trinajstić information content (AvgIpc) is 3.09. The zero-order valence-electron chi connectivity index (χ0n) is 9.45. The zero-order chi connectivity index (χ0) is 12.4. The number of hydrogen-bond donors (Lipinski definition) is 2. The van der Waals surface area contributed by atoms with Crippen molar-refractivity contribution in [3.63, 3.8) is 0 Å². The van der Waals surface area contributed by atoms with Gasteiger partial charge in [0.05, 0.1) is 0 Å². The second kappa shape index (κ2) is 4.42. The van der Waals surface area contributed by atoms with Crippen LogP contribution in [0.1, 0.15) is 17.5 Å². The van der Waals surface area contributed by atoms with Gasteiger partial charge in [0.15, 0.2) is 0 Å². The van der Waals surface area contributed by atoms with Crippen molar-refractivity contribution in [2.24, 2.45) is 5.73 Å². The molecular formula is C12H11N5O. The second-order valence-electron chi connectivity index (χ2n) is 3.80. The molecule has 6 nitrogen and oxygen atoms in total. The molecule has 0 saturated carbocycles. The molecule has 90 valence electrons. The predicted molar refractivity (Wildman–Crippen MR) is 64.4 cm³/mol. The average molecular weight is 241 g/mol. The quantitative estimate of drug-likeness (QED) is 0.724. The highest BCUT2D eigenvalue weighted by Gasteiger charge is 2.17.